The number of hydrogen-bond acceptors (Lipinski definition) is 4. The number of aliphatic hydroxyl groups is 3. The van der Waals surface area contributed by atoms with Gasteiger partial charge in [0.1, 0.15) is 12.4 Å². The van der Waals surface area contributed by atoms with Gasteiger partial charge in [-0.1, -0.05) is 50.3 Å². The highest BCUT2D eigenvalue weighted by atomic mass is 16.5. The van der Waals surface area contributed by atoms with Crippen LogP contribution in [0.25, 0.3) is 5.57 Å². The van der Waals surface area contributed by atoms with Crippen LogP contribution in [0, 0.1) is 0 Å². The smallest absolute Gasteiger partial charge is 0.127 e. The van der Waals surface area contributed by atoms with Crippen molar-refractivity contribution in [1.29, 1.82) is 0 Å². The van der Waals surface area contributed by atoms with Gasteiger partial charge in [0.25, 0.3) is 0 Å². The molecule has 0 spiro atoms. The molecule has 0 saturated carbocycles. The van der Waals surface area contributed by atoms with E-state index in [0.717, 1.165) is 65.7 Å². The molecule has 30 heavy (non-hydrogen) atoms. The van der Waals surface area contributed by atoms with Crippen molar-refractivity contribution in [3.8, 4) is 5.75 Å². The minimum atomic E-state index is -0.540. The van der Waals surface area contributed by atoms with Crippen molar-refractivity contribution in [2.24, 2.45) is 0 Å². The molecule has 164 valence electrons. The summed E-state index contributed by atoms with van der Waals surface area (Å²) in [5.41, 5.74) is 4.09. The molecular formula is C26H36O4. The Morgan fingerprint density at radius 2 is 1.70 bits per heavy atom. The van der Waals surface area contributed by atoms with Gasteiger partial charge in [0.2, 0.25) is 0 Å². The Morgan fingerprint density at radius 3 is 2.37 bits per heavy atom. The van der Waals surface area contributed by atoms with Crippen LogP contribution >= 0.6 is 0 Å². The second-order valence-electron chi connectivity index (χ2n) is 7.91. The number of allylic oxidation sites excluding steroid dienone is 2. The van der Waals surface area contributed by atoms with E-state index in [4.69, 9.17) is 4.74 Å². The van der Waals surface area contributed by atoms with Crippen molar-refractivity contribution in [2.75, 3.05) is 0 Å². The van der Waals surface area contributed by atoms with Crippen molar-refractivity contribution in [3.05, 3.63) is 70.8 Å². The summed E-state index contributed by atoms with van der Waals surface area (Å²) < 4.78 is 6.09. The van der Waals surface area contributed by atoms with E-state index in [9.17, 15) is 15.3 Å². The van der Waals surface area contributed by atoms with Crippen LogP contribution in [0.1, 0.15) is 75.1 Å². The van der Waals surface area contributed by atoms with Crippen molar-refractivity contribution >= 4 is 5.57 Å². The van der Waals surface area contributed by atoms with Crippen LogP contribution < -0.4 is 4.74 Å². The third kappa shape index (κ3) is 6.69. The highest BCUT2D eigenvalue weighted by Crippen LogP contribution is 2.28. The molecular weight excluding hydrogens is 376 g/mol. The molecule has 2 rings (SSSR count). The maximum Gasteiger partial charge on any atom is 0.127 e. The van der Waals surface area contributed by atoms with Crippen molar-refractivity contribution in [3.63, 3.8) is 0 Å². The van der Waals surface area contributed by atoms with Crippen molar-refractivity contribution < 1.29 is 20.1 Å². The summed E-state index contributed by atoms with van der Waals surface area (Å²) in [5, 5.41) is 29.3. The molecule has 0 amide bonds. The Hall–Kier alpha value is -2.14. The zero-order valence-corrected chi connectivity index (χ0v) is 18.5. The normalized spacial score (nSPS) is 12.3. The summed E-state index contributed by atoms with van der Waals surface area (Å²) >= 11 is 0. The Morgan fingerprint density at radius 1 is 1.00 bits per heavy atom. The second kappa shape index (κ2) is 11.9. The molecule has 0 aliphatic heterocycles. The van der Waals surface area contributed by atoms with E-state index in [-0.39, 0.29) is 13.2 Å². The molecule has 0 radical (unpaired) electrons. The van der Waals surface area contributed by atoms with Crippen molar-refractivity contribution in [2.45, 2.75) is 78.3 Å². The summed E-state index contributed by atoms with van der Waals surface area (Å²) in [6.45, 7) is 6.38. The first kappa shape index (κ1) is 24.1. The molecule has 0 aliphatic rings. The van der Waals surface area contributed by atoms with Gasteiger partial charge in [-0.25, -0.2) is 0 Å². The fourth-order valence-electron chi connectivity index (χ4n) is 3.61. The highest BCUT2D eigenvalue weighted by molar-refractivity contribution is 5.68. The lowest BCUT2D eigenvalue weighted by Crippen LogP contribution is -2.26. The van der Waals surface area contributed by atoms with Gasteiger partial charge >= 0.3 is 0 Å². The minimum Gasteiger partial charge on any atom is -0.488 e. The van der Waals surface area contributed by atoms with Gasteiger partial charge in [-0.2, -0.15) is 0 Å². The quantitative estimate of drug-likeness (QED) is 0.410. The summed E-state index contributed by atoms with van der Waals surface area (Å²) in [4.78, 5) is 0. The average Bonchev–Trinajstić information content (AvgIpc) is 2.80. The average molecular weight is 413 g/mol. The van der Waals surface area contributed by atoms with Gasteiger partial charge in [0.15, 0.2) is 0 Å². The summed E-state index contributed by atoms with van der Waals surface area (Å²) in [5.74, 6) is 0.821. The van der Waals surface area contributed by atoms with Crippen LogP contribution in [-0.2, 0) is 19.8 Å². The van der Waals surface area contributed by atoms with Crippen LogP contribution in [0.2, 0.25) is 0 Å². The predicted molar refractivity (Wildman–Crippen MR) is 122 cm³/mol. The number of para-hydroxylation sites is 1. The Kier molecular flexibility index (Phi) is 9.57. The van der Waals surface area contributed by atoms with E-state index < -0.39 is 5.60 Å². The number of aliphatic hydroxyl groups excluding tert-OH is 2. The molecule has 0 unspecified atom stereocenters. The third-order valence-corrected chi connectivity index (χ3v) is 5.93. The number of hydrogen-bond donors (Lipinski definition) is 3. The van der Waals surface area contributed by atoms with E-state index in [0.29, 0.717) is 6.61 Å². The Balaban J connectivity index is 2.03. The molecule has 4 heteroatoms. The molecule has 4 nitrogen and oxygen atoms in total. The van der Waals surface area contributed by atoms with Gasteiger partial charge in [-0.3, -0.25) is 0 Å². The van der Waals surface area contributed by atoms with Crippen molar-refractivity contribution in [1.82, 2.24) is 0 Å². The van der Waals surface area contributed by atoms with E-state index in [1.54, 1.807) is 0 Å². The molecule has 3 N–H and O–H groups in total. The minimum absolute atomic E-state index is 0.0855. The molecule has 0 fully saturated rings. The van der Waals surface area contributed by atoms with Gasteiger partial charge in [0, 0.05) is 5.56 Å². The van der Waals surface area contributed by atoms with E-state index in [2.05, 4.69) is 19.1 Å². The second-order valence-corrected chi connectivity index (χ2v) is 7.91. The number of benzene rings is 2. The van der Waals surface area contributed by atoms with Gasteiger partial charge in [-0.15, -0.1) is 0 Å². The molecule has 0 bridgehead atoms. The van der Waals surface area contributed by atoms with Crippen LogP contribution in [0.3, 0.4) is 0 Å². The SMILES string of the molecule is CCC(O)(CC)CCC/C=C(/C)c1ccccc1OCc1ccc(CO)c(CO)c1. The molecule has 2 aromatic carbocycles. The zero-order valence-electron chi connectivity index (χ0n) is 18.5. The van der Waals surface area contributed by atoms with E-state index in [1.165, 1.54) is 0 Å². The van der Waals surface area contributed by atoms with Crippen LogP contribution in [0.15, 0.2) is 48.5 Å². The van der Waals surface area contributed by atoms with Crippen LogP contribution in [0.5, 0.6) is 5.75 Å². The Bertz CT molecular complexity index is 822. The highest BCUT2D eigenvalue weighted by Gasteiger charge is 2.20. The van der Waals surface area contributed by atoms with Crippen LogP contribution in [-0.4, -0.2) is 20.9 Å². The zero-order chi connectivity index (χ0) is 22.0. The third-order valence-electron chi connectivity index (χ3n) is 5.93. The molecule has 0 saturated heterocycles. The van der Waals surface area contributed by atoms with E-state index in [1.807, 2.05) is 50.2 Å². The topological polar surface area (TPSA) is 69.9 Å². The monoisotopic (exact) mass is 412 g/mol. The first-order valence-electron chi connectivity index (χ1n) is 10.9. The van der Waals surface area contributed by atoms with Gasteiger partial charge in [0.05, 0.1) is 18.8 Å². The standard InChI is InChI=1S/C26H36O4/c1-4-26(29,5-2)15-9-8-10-20(3)24-11-6-7-12-25(24)30-19-21-13-14-22(17-27)23(16-21)18-28/h6-7,10-14,16,27-29H,4-5,8-9,15,17-19H2,1-3H3/b20-10-. The maximum absolute atomic E-state index is 10.4. The van der Waals surface area contributed by atoms with Crippen LogP contribution in [0.4, 0.5) is 0 Å². The molecule has 0 aromatic heterocycles. The fraction of sp³-hybridized carbons (Fsp3) is 0.462. The number of rotatable bonds is 12. The number of ether oxygens (including phenoxy) is 1. The van der Waals surface area contributed by atoms with Gasteiger partial charge < -0.3 is 20.1 Å². The summed E-state index contributed by atoms with van der Waals surface area (Å²) in [7, 11) is 0. The molecule has 0 heterocycles. The number of unbranched alkanes of at least 4 members (excludes halogenated alkanes) is 1. The predicted octanol–water partition coefficient (Wildman–Crippen LogP) is 5.37. The summed E-state index contributed by atoms with van der Waals surface area (Å²) in [6, 6.07) is 13.6. The Labute approximate surface area is 180 Å². The lowest BCUT2D eigenvalue weighted by molar-refractivity contribution is 0.0220. The maximum atomic E-state index is 10.4. The summed E-state index contributed by atoms with van der Waals surface area (Å²) in [6.07, 6.45) is 6.50. The molecule has 2 aromatic rings. The van der Waals surface area contributed by atoms with Gasteiger partial charge in [-0.05, 0) is 73.4 Å². The fourth-order valence-corrected chi connectivity index (χ4v) is 3.61. The van der Waals surface area contributed by atoms with E-state index >= 15 is 0 Å². The lowest BCUT2D eigenvalue weighted by atomic mass is 9.91. The first-order chi connectivity index (χ1) is 14.5. The molecule has 0 atom stereocenters. The first-order valence-corrected chi connectivity index (χ1v) is 10.9. The molecule has 0 aliphatic carbocycles. The largest absolute Gasteiger partial charge is 0.488 e. The lowest BCUT2D eigenvalue weighted by Gasteiger charge is -2.24.